The Morgan fingerprint density at radius 2 is 1.45 bits per heavy atom. The number of fused-ring (bicyclic) bond motifs is 1. The Hall–Kier alpha value is -2.04. The van der Waals surface area contributed by atoms with Gasteiger partial charge in [-0.3, -0.25) is 14.3 Å². The summed E-state index contributed by atoms with van der Waals surface area (Å²) < 4.78 is 1.27. The number of aromatic nitrogens is 2. The fourth-order valence-electron chi connectivity index (χ4n) is 4.03. The summed E-state index contributed by atoms with van der Waals surface area (Å²) in [6.45, 7) is 4.57. The van der Waals surface area contributed by atoms with Crippen LogP contribution in [0.2, 0.25) is 0 Å². The molecule has 0 spiro atoms. The normalized spacial score (nSPS) is 19.4. The van der Waals surface area contributed by atoms with Gasteiger partial charge in [0.2, 0.25) is 0 Å². The van der Waals surface area contributed by atoms with Crippen LogP contribution in [0.4, 0.5) is 0 Å². The minimum Gasteiger partial charge on any atom is -0.378 e. The highest BCUT2D eigenvalue weighted by Crippen LogP contribution is 2.20. The molecule has 0 aliphatic carbocycles. The number of hydrogen-bond donors (Lipinski definition) is 5. The quantitative estimate of drug-likeness (QED) is 0.285. The van der Waals surface area contributed by atoms with Crippen molar-refractivity contribution in [1.29, 1.82) is 0 Å². The van der Waals surface area contributed by atoms with E-state index in [-0.39, 0.29) is 11.2 Å². The van der Waals surface area contributed by atoms with Crippen LogP contribution in [0.3, 0.4) is 0 Å². The predicted molar refractivity (Wildman–Crippen MR) is 121 cm³/mol. The second-order valence-corrected chi connectivity index (χ2v) is 8.12. The lowest BCUT2D eigenvalue weighted by Crippen LogP contribution is -2.37. The smallest absolute Gasteiger partial charge is 0.328 e. The molecule has 0 radical (unpaired) electrons. The summed E-state index contributed by atoms with van der Waals surface area (Å²) in [6, 6.07) is 7.06. The fraction of sp³-hybridized carbons (Fsp3) is 0.636. The number of para-hydroxylation sites is 1. The molecule has 1 aliphatic rings. The number of likely N-dealkylation sites (tertiary alicyclic amines) is 1. The third-order valence-electron chi connectivity index (χ3n) is 5.80. The lowest BCUT2D eigenvalue weighted by atomic mass is 10.2. The third-order valence-corrected chi connectivity index (χ3v) is 5.80. The number of hydrogen-bond acceptors (Lipinski definition) is 7. The molecule has 2 atom stereocenters. The molecule has 0 bridgehead atoms. The van der Waals surface area contributed by atoms with Gasteiger partial charge in [-0.05, 0) is 76.8 Å². The minimum absolute atomic E-state index is 0.237. The highest BCUT2D eigenvalue weighted by molar-refractivity contribution is 5.76. The summed E-state index contributed by atoms with van der Waals surface area (Å²) in [4.78, 5) is 29.1. The van der Waals surface area contributed by atoms with Crippen molar-refractivity contribution in [3.8, 4) is 0 Å². The van der Waals surface area contributed by atoms with Gasteiger partial charge in [-0.1, -0.05) is 12.1 Å². The fourth-order valence-corrected chi connectivity index (χ4v) is 4.03. The van der Waals surface area contributed by atoms with Crippen molar-refractivity contribution in [3.63, 3.8) is 0 Å². The number of aromatic amines is 1. The second-order valence-electron chi connectivity index (χ2n) is 8.12. The van der Waals surface area contributed by atoms with E-state index < -0.39 is 12.5 Å². The van der Waals surface area contributed by atoms with E-state index in [0.717, 1.165) is 45.4 Å². The molecule has 31 heavy (non-hydrogen) atoms. The van der Waals surface area contributed by atoms with E-state index in [4.69, 9.17) is 0 Å². The Balaban J connectivity index is 1.21. The third kappa shape index (κ3) is 6.72. The number of aliphatic hydroxyl groups is 2. The zero-order chi connectivity index (χ0) is 22.1. The van der Waals surface area contributed by atoms with Crippen LogP contribution in [0.1, 0.15) is 38.5 Å². The van der Waals surface area contributed by atoms with E-state index in [1.807, 2.05) is 0 Å². The van der Waals surface area contributed by atoms with E-state index in [9.17, 15) is 19.8 Å². The molecule has 172 valence electrons. The first-order chi connectivity index (χ1) is 15.1. The Morgan fingerprint density at radius 3 is 2.13 bits per heavy atom. The Kier molecular flexibility index (Phi) is 9.23. The van der Waals surface area contributed by atoms with Crippen molar-refractivity contribution in [2.75, 3.05) is 32.7 Å². The molecule has 2 heterocycles. The number of benzene rings is 1. The second kappa shape index (κ2) is 12.1. The van der Waals surface area contributed by atoms with Gasteiger partial charge in [0, 0.05) is 13.1 Å². The van der Waals surface area contributed by atoms with Gasteiger partial charge in [-0.15, -0.1) is 0 Å². The molecule has 1 aliphatic heterocycles. The predicted octanol–water partition coefficient (Wildman–Crippen LogP) is 0.162. The first-order valence-electron chi connectivity index (χ1n) is 11.3. The van der Waals surface area contributed by atoms with Crippen molar-refractivity contribution in [2.45, 2.75) is 57.5 Å². The van der Waals surface area contributed by atoms with Crippen molar-refractivity contribution in [1.82, 2.24) is 25.1 Å². The van der Waals surface area contributed by atoms with Crippen molar-refractivity contribution < 1.29 is 10.2 Å². The van der Waals surface area contributed by atoms with Crippen LogP contribution in [-0.2, 0) is 6.54 Å². The number of nitrogens with zero attached hydrogens (tertiary/aromatic N) is 2. The topological polar surface area (TPSA) is 123 Å². The lowest BCUT2D eigenvalue weighted by Gasteiger charge is -2.23. The minimum atomic E-state index is -0.501. The molecule has 1 fully saturated rings. The molecule has 0 saturated carbocycles. The van der Waals surface area contributed by atoms with Gasteiger partial charge in [0.05, 0.1) is 10.9 Å². The first-order valence-corrected chi connectivity index (χ1v) is 11.3. The van der Waals surface area contributed by atoms with Crippen molar-refractivity contribution in [2.24, 2.45) is 0 Å². The van der Waals surface area contributed by atoms with Gasteiger partial charge in [-0.25, -0.2) is 4.79 Å². The molecule has 2 unspecified atom stereocenters. The van der Waals surface area contributed by atoms with Gasteiger partial charge in [0.1, 0.15) is 12.5 Å². The van der Waals surface area contributed by atoms with E-state index in [1.54, 1.807) is 29.2 Å². The van der Waals surface area contributed by atoms with E-state index in [1.165, 1.54) is 4.57 Å². The van der Waals surface area contributed by atoms with Gasteiger partial charge in [-0.2, -0.15) is 0 Å². The molecular formula is C22H35N5O4. The lowest BCUT2D eigenvalue weighted by molar-refractivity contribution is -0.0530. The summed E-state index contributed by atoms with van der Waals surface area (Å²) in [6.07, 6.45) is 4.03. The largest absolute Gasteiger partial charge is 0.378 e. The maximum atomic E-state index is 12.5. The first kappa shape index (κ1) is 23.6. The van der Waals surface area contributed by atoms with Crippen LogP contribution in [0.5, 0.6) is 0 Å². The molecule has 1 aromatic carbocycles. The molecule has 9 nitrogen and oxygen atoms in total. The molecule has 5 N–H and O–H groups in total. The molecule has 3 rings (SSSR count). The van der Waals surface area contributed by atoms with Crippen molar-refractivity contribution >= 4 is 10.9 Å². The van der Waals surface area contributed by atoms with E-state index in [2.05, 4.69) is 15.6 Å². The zero-order valence-corrected chi connectivity index (χ0v) is 18.1. The summed E-state index contributed by atoms with van der Waals surface area (Å²) in [5.41, 5.74) is -0.0191. The number of H-pyrrole nitrogens is 1. The average molecular weight is 434 g/mol. The number of aliphatic hydroxyl groups excluding tert-OH is 2. The summed E-state index contributed by atoms with van der Waals surface area (Å²) in [7, 11) is 0. The van der Waals surface area contributed by atoms with Crippen LogP contribution >= 0.6 is 0 Å². The summed E-state index contributed by atoms with van der Waals surface area (Å²) in [5.74, 6) is 0. The van der Waals surface area contributed by atoms with Gasteiger partial charge < -0.3 is 25.8 Å². The van der Waals surface area contributed by atoms with Crippen LogP contribution < -0.4 is 21.9 Å². The van der Waals surface area contributed by atoms with Gasteiger partial charge in [0.15, 0.2) is 0 Å². The van der Waals surface area contributed by atoms with E-state index in [0.29, 0.717) is 43.3 Å². The van der Waals surface area contributed by atoms with Crippen LogP contribution in [0, 0.1) is 0 Å². The van der Waals surface area contributed by atoms with Crippen LogP contribution in [-0.4, -0.2) is 69.8 Å². The van der Waals surface area contributed by atoms with E-state index >= 15 is 0 Å². The number of rotatable bonds is 13. The molecule has 9 heteroatoms. The SMILES string of the molecule is O=c1[nH]c2ccccc2c(=O)n1CCCNCCCCNCCCN1C(O)CCC1O. The molecule has 2 aromatic rings. The molecule has 1 aromatic heterocycles. The highest BCUT2D eigenvalue weighted by Gasteiger charge is 2.29. The molecular weight excluding hydrogens is 398 g/mol. The zero-order valence-electron chi connectivity index (χ0n) is 18.1. The number of nitrogens with one attached hydrogen (secondary N) is 3. The van der Waals surface area contributed by atoms with Gasteiger partial charge >= 0.3 is 5.69 Å². The molecule has 0 amide bonds. The number of unbranched alkanes of at least 4 members (excludes halogenated alkanes) is 1. The Labute approximate surface area is 182 Å². The maximum Gasteiger partial charge on any atom is 0.328 e. The molecule has 1 saturated heterocycles. The summed E-state index contributed by atoms with van der Waals surface area (Å²) in [5, 5.41) is 26.8. The monoisotopic (exact) mass is 433 g/mol. The standard InChI is InChI=1S/C22H35N5O4/c28-19-9-10-20(29)26(19)15-5-13-23-11-3-4-12-24-14-6-16-27-21(30)17-7-1-2-8-18(17)25-22(27)31/h1-2,7-8,19-20,23-24,28-29H,3-6,9-16H2,(H,25,31). The Bertz CT molecular complexity index is 918. The highest BCUT2D eigenvalue weighted by atomic mass is 16.3. The van der Waals surface area contributed by atoms with Gasteiger partial charge in [0.25, 0.3) is 5.56 Å². The Morgan fingerprint density at radius 1 is 0.871 bits per heavy atom. The average Bonchev–Trinajstić information content (AvgIpc) is 3.08. The van der Waals surface area contributed by atoms with Crippen molar-refractivity contribution in [3.05, 3.63) is 45.1 Å². The maximum absolute atomic E-state index is 12.5. The van der Waals surface area contributed by atoms with Crippen LogP contribution in [0.25, 0.3) is 10.9 Å². The summed E-state index contributed by atoms with van der Waals surface area (Å²) >= 11 is 0. The van der Waals surface area contributed by atoms with Crippen LogP contribution in [0.15, 0.2) is 33.9 Å².